The average molecular weight is 482 g/mol. The summed E-state index contributed by atoms with van der Waals surface area (Å²) in [7, 11) is -1.87. The molecular weight excluding hydrogens is 457 g/mol. The molecular formula is C24H24FN5O3S. The summed E-state index contributed by atoms with van der Waals surface area (Å²) in [6, 6.07) is 12.8. The van der Waals surface area contributed by atoms with Gasteiger partial charge in [-0.05, 0) is 47.9 Å². The molecule has 2 aromatic heterocycles. The minimum Gasteiger partial charge on any atom is -0.415 e. The van der Waals surface area contributed by atoms with Gasteiger partial charge in [-0.1, -0.05) is 26.0 Å². The van der Waals surface area contributed by atoms with Crippen LogP contribution in [-0.4, -0.2) is 39.2 Å². The van der Waals surface area contributed by atoms with Crippen LogP contribution in [0.2, 0.25) is 0 Å². The van der Waals surface area contributed by atoms with E-state index in [0.717, 1.165) is 16.8 Å². The maximum Gasteiger partial charge on any atom is 0.268 e. The second-order valence-electron chi connectivity index (χ2n) is 8.63. The molecule has 1 aliphatic rings. The van der Waals surface area contributed by atoms with Crippen LogP contribution < -0.4 is 0 Å². The Labute approximate surface area is 197 Å². The smallest absolute Gasteiger partial charge is 0.268 e. The Morgan fingerprint density at radius 2 is 1.68 bits per heavy atom. The molecule has 1 aliphatic heterocycles. The van der Waals surface area contributed by atoms with Crippen LogP contribution in [0.3, 0.4) is 0 Å². The molecule has 0 amide bonds. The lowest BCUT2D eigenvalue weighted by atomic mass is 10.0. The van der Waals surface area contributed by atoms with E-state index in [9.17, 15) is 12.8 Å². The van der Waals surface area contributed by atoms with Gasteiger partial charge in [0.2, 0.25) is 15.9 Å². The quantitative estimate of drug-likeness (QED) is 0.425. The summed E-state index contributed by atoms with van der Waals surface area (Å²) in [4.78, 5) is 0.266. The zero-order valence-electron chi connectivity index (χ0n) is 19.1. The number of hydrogen-bond acceptors (Lipinski definition) is 6. The summed E-state index contributed by atoms with van der Waals surface area (Å²) in [5, 5.41) is 12.7. The lowest BCUT2D eigenvalue weighted by Gasteiger charge is -2.27. The fourth-order valence-electron chi connectivity index (χ4n) is 4.15. The first-order valence-electron chi connectivity index (χ1n) is 11.0. The molecule has 5 rings (SSSR count). The molecule has 0 saturated heterocycles. The minimum absolute atomic E-state index is 0.154. The first-order valence-corrected chi connectivity index (χ1v) is 12.4. The molecule has 0 N–H and O–H groups in total. The molecule has 3 heterocycles. The number of hydrogen-bond donors (Lipinski definition) is 0. The van der Waals surface area contributed by atoms with E-state index >= 15 is 0 Å². The standard InChI is InChI=1S/C24H24FN5O3S/c1-15(2)16-6-10-19(11-7-16)34(31,32)30-13-12-21-20(14-30)22(28-29(21)3)24-27-26-23(33-24)17-4-8-18(25)9-5-17/h4-11,15H,12-14H2,1-3H3. The highest BCUT2D eigenvalue weighted by atomic mass is 32.2. The van der Waals surface area contributed by atoms with Crippen LogP contribution in [-0.2, 0) is 30.0 Å². The van der Waals surface area contributed by atoms with Crippen molar-refractivity contribution in [2.75, 3.05) is 6.54 Å². The number of fused-ring (bicyclic) bond motifs is 1. The fraction of sp³-hybridized carbons (Fsp3) is 0.292. The van der Waals surface area contributed by atoms with Gasteiger partial charge in [0.05, 0.1) is 4.90 Å². The fourth-order valence-corrected chi connectivity index (χ4v) is 5.56. The van der Waals surface area contributed by atoms with E-state index in [0.29, 0.717) is 30.1 Å². The van der Waals surface area contributed by atoms with Crippen LogP contribution >= 0.6 is 0 Å². The average Bonchev–Trinajstić information content (AvgIpc) is 3.44. The van der Waals surface area contributed by atoms with Gasteiger partial charge in [-0.25, -0.2) is 12.8 Å². The Kier molecular flexibility index (Phi) is 5.57. The number of aryl methyl sites for hydroxylation is 1. The Morgan fingerprint density at radius 3 is 2.35 bits per heavy atom. The van der Waals surface area contributed by atoms with Crippen LogP contribution in [0.25, 0.3) is 23.0 Å². The molecule has 10 heteroatoms. The van der Waals surface area contributed by atoms with Crippen molar-refractivity contribution in [2.45, 2.75) is 37.6 Å². The van der Waals surface area contributed by atoms with Crippen molar-refractivity contribution in [3.63, 3.8) is 0 Å². The second-order valence-corrected chi connectivity index (χ2v) is 10.6. The van der Waals surface area contributed by atoms with E-state index in [4.69, 9.17) is 4.42 Å². The number of benzene rings is 2. The van der Waals surface area contributed by atoms with E-state index in [1.54, 1.807) is 28.9 Å². The third-order valence-electron chi connectivity index (χ3n) is 6.11. The highest BCUT2D eigenvalue weighted by Crippen LogP contribution is 2.33. The summed E-state index contributed by atoms with van der Waals surface area (Å²) in [5.41, 5.74) is 3.79. The predicted octanol–water partition coefficient (Wildman–Crippen LogP) is 4.15. The highest BCUT2D eigenvalue weighted by Gasteiger charge is 2.33. The third-order valence-corrected chi connectivity index (χ3v) is 7.97. The maximum atomic E-state index is 13.4. The van der Waals surface area contributed by atoms with E-state index in [1.807, 2.05) is 19.2 Å². The van der Waals surface area contributed by atoms with Crippen molar-refractivity contribution in [3.05, 3.63) is 71.2 Å². The van der Waals surface area contributed by atoms with E-state index in [1.165, 1.54) is 16.4 Å². The molecule has 34 heavy (non-hydrogen) atoms. The zero-order chi connectivity index (χ0) is 24.0. The molecule has 0 saturated carbocycles. The Hall–Kier alpha value is -3.37. The topological polar surface area (TPSA) is 94.1 Å². The van der Waals surface area contributed by atoms with Gasteiger partial charge in [-0.15, -0.1) is 10.2 Å². The van der Waals surface area contributed by atoms with E-state index in [2.05, 4.69) is 29.1 Å². The van der Waals surface area contributed by atoms with Gasteiger partial charge < -0.3 is 4.42 Å². The molecule has 0 fully saturated rings. The van der Waals surface area contributed by atoms with Gasteiger partial charge in [0.1, 0.15) is 5.82 Å². The van der Waals surface area contributed by atoms with Crippen LogP contribution in [0.15, 0.2) is 57.8 Å². The first-order chi connectivity index (χ1) is 16.2. The minimum atomic E-state index is -3.68. The molecule has 0 aliphatic carbocycles. The summed E-state index contributed by atoms with van der Waals surface area (Å²) in [6.45, 7) is 4.64. The third kappa shape index (κ3) is 3.92. The van der Waals surface area contributed by atoms with Crippen molar-refractivity contribution >= 4 is 10.0 Å². The largest absolute Gasteiger partial charge is 0.415 e. The Bertz CT molecular complexity index is 1440. The number of rotatable bonds is 5. The van der Waals surface area contributed by atoms with E-state index < -0.39 is 10.0 Å². The van der Waals surface area contributed by atoms with Gasteiger partial charge in [0, 0.05) is 43.4 Å². The molecule has 4 aromatic rings. The van der Waals surface area contributed by atoms with Gasteiger partial charge in [0.15, 0.2) is 5.69 Å². The summed E-state index contributed by atoms with van der Waals surface area (Å²) >= 11 is 0. The van der Waals surface area contributed by atoms with Crippen LogP contribution in [0.4, 0.5) is 4.39 Å². The summed E-state index contributed by atoms with van der Waals surface area (Å²) in [5.74, 6) is 0.389. The molecule has 0 spiro atoms. The zero-order valence-corrected chi connectivity index (χ0v) is 19.9. The van der Waals surface area contributed by atoms with Gasteiger partial charge in [-0.3, -0.25) is 4.68 Å². The molecule has 0 atom stereocenters. The normalized spacial score (nSPS) is 14.5. The SMILES string of the molecule is CC(C)c1ccc(S(=O)(=O)N2CCc3c(c(-c4nnc(-c5ccc(F)cc5)o4)nn3C)C2)cc1. The number of halogens is 1. The Morgan fingerprint density at radius 1 is 1.00 bits per heavy atom. The molecule has 0 radical (unpaired) electrons. The van der Waals surface area contributed by atoms with Crippen molar-refractivity contribution < 1.29 is 17.2 Å². The highest BCUT2D eigenvalue weighted by molar-refractivity contribution is 7.89. The van der Waals surface area contributed by atoms with Crippen molar-refractivity contribution in [1.82, 2.24) is 24.3 Å². The van der Waals surface area contributed by atoms with Crippen molar-refractivity contribution in [3.8, 4) is 23.0 Å². The molecule has 0 bridgehead atoms. The summed E-state index contributed by atoms with van der Waals surface area (Å²) < 4.78 is 49.0. The molecule has 0 unspecified atom stereocenters. The summed E-state index contributed by atoms with van der Waals surface area (Å²) in [6.07, 6.45) is 0.515. The Balaban J connectivity index is 1.46. The second kappa shape index (κ2) is 8.44. The van der Waals surface area contributed by atoms with Gasteiger partial charge in [0.25, 0.3) is 5.89 Å². The molecule has 8 nitrogen and oxygen atoms in total. The maximum absolute atomic E-state index is 13.4. The number of sulfonamides is 1. The van der Waals surface area contributed by atoms with E-state index in [-0.39, 0.29) is 29.0 Å². The van der Waals surface area contributed by atoms with Crippen molar-refractivity contribution in [2.24, 2.45) is 7.05 Å². The first kappa shape index (κ1) is 22.4. The lowest BCUT2D eigenvalue weighted by molar-refractivity contribution is 0.386. The molecule has 2 aromatic carbocycles. The lowest BCUT2D eigenvalue weighted by Crippen LogP contribution is -2.36. The van der Waals surface area contributed by atoms with Crippen LogP contribution in [0.5, 0.6) is 0 Å². The van der Waals surface area contributed by atoms with Crippen molar-refractivity contribution in [1.29, 1.82) is 0 Å². The van der Waals surface area contributed by atoms with Crippen LogP contribution in [0.1, 0.15) is 36.6 Å². The number of aromatic nitrogens is 4. The monoisotopic (exact) mass is 481 g/mol. The van der Waals surface area contributed by atoms with Crippen LogP contribution in [0, 0.1) is 5.82 Å². The number of nitrogens with zero attached hydrogens (tertiary/aromatic N) is 5. The predicted molar refractivity (Wildman–Crippen MR) is 124 cm³/mol. The van der Waals surface area contributed by atoms with Gasteiger partial charge >= 0.3 is 0 Å². The van der Waals surface area contributed by atoms with Gasteiger partial charge in [-0.2, -0.15) is 9.40 Å². The molecule has 176 valence electrons.